The minimum atomic E-state index is -0.499. The van der Waals surface area contributed by atoms with E-state index in [1.54, 1.807) is 17.9 Å². The standard InChI is InChI=1S/C19H23NO4/c1-6-24-15-9-7-14(8-10-15)11-16-17(19(22)23-5)13(4)20(12(2)3)18(16)21/h7-12H,6H2,1-5H3/b16-11-. The highest BCUT2D eigenvalue weighted by molar-refractivity contribution is 6.16. The second-order valence-corrected chi connectivity index (χ2v) is 5.78. The van der Waals surface area contributed by atoms with E-state index < -0.39 is 5.97 Å². The van der Waals surface area contributed by atoms with Gasteiger partial charge in [-0.25, -0.2) is 4.79 Å². The summed E-state index contributed by atoms with van der Waals surface area (Å²) < 4.78 is 10.3. The highest BCUT2D eigenvalue weighted by Gasteiger charge is 2.38. The van der Waals surface area contributed by atoms with Gasteiger partial charge in [-0.3, -0.25) is 4.79 Å². The first-order valence-electron chi connectivity index (χ1n) is 7.98. The van der Waals surface area contributed by atoms with Crippen LogP contribution in [-0.4, -0.2) is 36.5 Å². The largest absolute Gasteiger partial charge is 0.494 e. The maximum absolute atomic E-state index is 12.7. The lowest BCUT2D eigenvalue weighted by Gasteiger charge is -2.22. The molecule has 1 amide bonds. The molecular weight excluding hydrogens is 306 g/mol. The number of carbonyl (C=O) groups is 2. The molecule has 0 saturated heterocycles. The molecule has 1 aromatic rings. The van der Waals surface area contributed by atoms with Gasteiger partial charge in [0.15, 0.2) is 0 Å². The summed E-state index contributed by atoms with van der Waals surface area (Å²) in [4.78, 5) is 26.5. The van der Waals surface area contributed by atoms with Crippen molar-refractivity contribution in [3.63, 3.8) is 0 Å². The van der Waals surface area contributed by atoms with Crippen molar-refractivity contribution in [2.75, 3.05) is 13.7 Å². The number of hydrogen-bond acceptors (Lipinski definition) is 4. The van der Waals surface area contributed by atoms with E-state index in [1.807, 2.05) is 45.0 Å². The molecule has 0 aromatic heterocycles. The first-order valence-corrected chi connectivity index (χ1v) is 7.98. The maximum Gasteiger partial charge on any atom is 0.340 e. The lowest BCUT2D eigenvalue weighted by molar-refractivity contribution is -0.136. The molecule has 0 unspecified atom stereocenters. The Kier molecular flexibility index (Phi) is 5.44. The Morgan fingerprint density at radius 1 is 1.25 bits per heavy atom. The van der Waals surface area contributed by atoms with Crippen molar-refractivity contribution in [3.05, 3.63) is 46.7 Å². The summed E-state index contributed by atoms with van der Waals surface area (Å²) in [6, 6.07) is 7.35. The summed E-state index contributed by atoms with van der Waals surface area (Å²) in [6.07, 6.45) is 1.72. The van der Waals surface area contributed by atoms with Crippen LogP contribution in [0.3, 0.4) is 0 Å². The predicted molar refractivity (Wildman–Crippen MR) is 92.3 cm³/mol. The van der Waals surface area contributed by atoms with Gasteiger partial charge in [0.2, 0.25) is 0 Å². The number of methoxy groups -OCH3 is 1. The van der Waals surface area contributed by atoms with Crippen LogP contribution in [0, 0.1) is 0 Å². The van der Waals surface area contributed by atoms with E-state index in [9.17, 15) is 9.59 Å². The Bertz CT molecular complexity index is 699. The average molecular weight is 329 g/mol. The van der Waals surface area contributed by atoms with Crippen molar-refractivity contribution in [3.8, 4) is 5.75 Å². The number of hydrogen-bond donors (Lipinski definition) is 0. The molecule has 0 bridgehead atoms. The lowest BCUT2D eigenvalue weighted by atomic mass is 10.0. The summed E-state index contributed by atoms with van der Waals surface area (Å²) in [5.74, 6) is 0.0825. The van der Waals surface area contributed by atoms with Gasteiger partial charge in [0.25, 0.3) is 5.91 Å². The number of amides is 1. The van der Waals surface area contributed by atoms with Gasteiger partial charge in [0.1, 0.15) is 5.75 Å². The van der Waals surface area contributed by atoms with Crippen LogP contribution in [0.2, 0.25) is 0 Å². The van der Waals surface area contributed by atoms with Crippen LogP contribution < -0.4 is 4.74 Å². The van der Waals surface area contributed by atoms with Gasteiger partial charge in [-0.2, -0.15) is 0 Å². The van der Waals surface area contributed by atoms with Crippen LogP contribution in [0.15, 0.2) is 41.1 Å². The minimum Gasteiger partial charge on any atom is -0.494 e. The van der Waals surface area contributed by atoms with E-state index in [0.717, 1.165) is 11.3 Å². The summed E-state index contributed by atoms with van der Waals surface area (Å²) >= 11 is 0. The van der Waals surface area contributed by atoms with E-state index >= 15 is 0 Å². The topological polar surface area (TPSA) is 55.8 Å². The predicted octanol–water partition coefficient (Wildman–Crippen LogP) is 3.17. The van der Waals surface area contributed by atoms with Crippen LogP contribution in [0.25, 0.3) is 6.08 Å². The third-order valence-electron chi connectivity index (χ3n) is 3.85. The second-order valence-electron chi connectivity index (χ2n) is 5.78. The molecule has 0 saturated carbocycles. The van der Waals surface area contributed by atoms with Crippen molar-refractivity contribution >= 4 is 18.0 Å². The van der Waals surface area contributed by atoms with Crippen molar-refractivity contribution in [2.45, 2.75) is 33.7 Å². The molecule has 0 aliphatic carbocycles. The fourth-order valence-electron chi connectivity index (χ4n) is 2.81. The van der Waals surface area contributed by atoms with Crippen LogP contribution in [-0.2, 0) is 14.3 Å². The summed E-state index contributed by atoms with van der Waals surface area (Å²) in [6.45, 7) is 8.11. The summed E-state index contributed by atoms with van der Waals surface area (Å²) in [5.41, 5.74) is 2.13. The highest BCUT2D eigenvalue weighted by Crippen LogP contribution is 2.33. The minimum absolute atomic E-state index is 0.0385. The Morgan fingerprint density at radius 3 is 2.38 bits per heavy atom. The summed E-state index contributed by atoms with van der Waals surface area (Å²) in [7, 11) is 1.32. The summed E-state index contributed by atoms with van der Waals surface area (Å²) in [5, 5.41) is 0. The van der Waals surface area contributed by atoms with E-state index in [-0.39, 0.29) is 11.9 Å². The van der Waals surface area contributed by atoms with E-state index in [4.69, 9.17) is 9.47 Å². The number of rotatable bonds is 5. The van der Waals surface area contributed by atoms with Crippen LogP contribution in [0.4, 0.5) is 0 Å². The highest BCUT2D eigenvalue weighted by atomic mass is 16.5. The molecule has 1 aliphatic rings. The molecule has 1 aromatic carbocycles. The molecule has 2 rings (SSSR count). The quantitative estimate of drug-likeness (QED) is 0.615. The molecule has 5 heteroatoms. The fourth-order valence-corrected chi connectivity index (χ4v) is 2.81. The number of carbonyl (C=O) groups excluding carboxylic acids is 2. The molecule has 5 nitrogen and oxygen atoms in total. The van der Waals surface area contributed by atoms with E-state index in [2.05, 4.69) is 0 Å². The van der Waals surface area contributed by atoms with Gasteiger partial charge < -0.3 is 14.4 Å². The van der Waals surface area contributed by atoms with E-state index in [1.165, 1.54) is 7.11 Å². The Morgan fingerprint density at radius 2 is 1.88 bits per heavy atom. The zero-order chi connectivity index (χ0) is 17.9. The lowest BCUT2D eigenvalue weighted by Crippen LogP contribution is -2.31. The molecule has 0 N–H and O–H groups in total. The smallest absolute Gasteiger partial charge is 0.340 e. The van der Waals surface area contributed by atoms with Crippen LogP contribution in [0.1, 0.15) is 33.3 Å². The van der Waals surface area contributed by atoms with Crippen LogP contribution in [0.5, 0.6) is 5.75 Å². The first-order chi connectivity index (χ1) is 11.4. The SMILES string of the molecule is CCOc1ccc(/C=C2\C(=O)N(C(C)C)C(C)=C2C(=O)OC)cc1. The van der Waals surface area contributed by atoms with E-state index in [0.29, 0.717) is 23.5 Å². The van der Waals surface area contributed by atoms with Crippen molar-refractivity contribution in [2.24, 2.45) is 0 Å². The molecule has 1 aliphatic heterocycles. The Balaban J connectivity index is 2.45. The van der Waals surface area contributed by atoms with Crippen molar-refractivity contribution < 1.29 is 19.1 Å². The number of benzene rings is 1. The zero-order valence-corrected chi connectivity index (χ0v) is 14.8. The van der Waals surface area contributed by atoms with Gasteiger partial charge in [-0.1, -0.05) is 12.1 Å². The molecule has 128 valence electrons. The molecule has 0 radical (unpaired) electrons. The fraction of sp³-hybridized carbons (Fsp3) is 0.368. The first kappa shape index (κ1) is 17.8. The van der Waals surface area contributed by atoms with Crippen LogP contribution >= 0.6 is 0 Å². The van der Waals surface area contributed by atoms with Gasteiger partial charge in [-0.05, 0) is 51.5 Å². The Hall–Kier alpha value is -2.56. The van der Waals surface area contributed by atoms with Gasteiger partial charge in [0, 0.05) is 11.7 Å². The van der Waals surface area contributed by atoms with Gasteiger partial charge >= 0.3 is 5.97 Å². The normalized spacial score (nSPS) is 16.3. The van der Waals surface area contributed by atoms with Gasteiger partial charge in [0.05, 0.1) is 24.9 Å². The number of allylic oxidation sites excluding steroid dienone is 1. The number of ether oxygens (including phenoxy) is 2. The molecule has 1 heterocycles. The molecule has 0 fully saturated rings. The zero-order valence-electron chi connectivity index (χ0n) is 14.8. The third kappa shape index (κ3) is 3.35. The number of esters is 1. The van der Waals surface area contributed by atoms with Crippen molar-refractivity contribution in [1.29, 1.82) is 0 Å². The molecular formula is C19H23NO4. The molecule has 0 atom stereocenters. The second kappa shape index (κ2) is 7.34. The maximum atomic E-state index is 12.7. The van der Waals surface area contributed by atoms with Gasteiger partial charge in [-0.15, -0.1) is 0 Å². The van der Waals surface area contributed by atoms with Crippen molar-refractivity contribution in [1.82, 2.24) is 4.90 Å². The molecule has 0 spiro atoms. The monoisotopic (exact) mass is 329 g/mol. The average Bonchev–Trinajstić information content (AvgIpc) is 2.79. The number of nitrogens with zero attached hydrogens (tertiary/aromatic N) is 1. The Labute approximate surface area is 142 Å². The third-order valence-corrected chi connectivity index (χ3v) is 3.85. The molecule has 24 heavy (non-hydrogen) atoms.